The maximum Gasteiger partial charge on any atom is 0.471 e. The fourth-order valence-electron chi connectivity index (χ4n) is 3.02. The number of aliphatic hydroxyl groups is 3. The zero-order valence-corrected chi connectivity index (χ0v) is 14.6. The summed E-state index contributed by atoms with van der Waals surface area (Å²) in [6.07, 6.45) is -4.10. The van der Waals surface area contributed by atoms with Gasteiger partial charge in [0.15, 0.2) is 0 Å². The van der Waals surface area contributed by atoms with Gasteiger partial charge in [0.2, 0.25) is 5.60 Å². The second kappa shape index (κ2) is 6.95. The number of nitrogens with zero attached hydrogens (tertiary/aromatic N) is 4. The van der Waals surface area contributed by atoms with E-state index in [1.54, 1.807) is 0 Å². The molecular formula is C13H18N5O8P. The normalized spacial score (nSPS) is 33.1. The van der Waals surface area contributed by atoms with Crippen LogP contribution in [0.1, 0.15) is 17.6 Å². The Bertz CT molecular complexity index is 833. The van der Waals surface area contributed by atoms with E-state index in [0.29, 0.717) is 5.69 Å². The topological polar surface area (TPSA) is 207 Å². The molecule has 0 amide bonds. The lowest BCUT2D eigenvalue weighted by Crippen LogP contribution is -2.43. The molecule has 0 aliphatic carbocycles. The molecule has 0 radical (unpaired) electrons. The van der Waals surface area contributed by atoms with E-state index in [0.717, 1.165) is 6.34 Å². The minimum absolute atomic E-state index is 0.0738. The molecule has 1 saturated heterocycles. The number of ether oxygens (including phenoxy) is 1. The number of hydrogen-bond acceptors (Lipinski definition) is 10. The van der Waals surface area contributed by atoms with Crippen molar-refractivity contribution in [1.29, 1.82) is 5.26 Å². The van der Waals surface area contributed by atoms with Crippen molar-refractivity contribution in [2.45, 2.75) is 30.1 Å². The number of aliphatic hydroxyl groups excluding tert-OH is 3. The van der Waals surface area contributed by atoms with Crippen LogP contribution in [0.2, 0.25) is 0 Å². The first kappa shape index (κ1) is 19.9. The second-order valence-corrected chi connectivity index (χ2v) is 7.26. The van der Waals surface area contributed by atoms with Crippen LogP contribution in [0.4, 0.5) is 0 Å². The number of nitrogens with two attached hydrogens (primary N) is 1. The van der Waals surface area contributed by atoms with Crippen molar-refractivity contribution in [1.82, 2.24) is 9.58 Å². The maximum absolute atomic E-state index is 10.8. The predicted octanol–water partition coefficient (Wildman–Crippen LogP) is -2.55. The van der Waals surface area contributed by atoms with Gasteiger partial charge < -0.3 is 40.5 Å². The number of rotatable bonds is 5. The molecule has 2 aliphatic heterocycles. The van der Waals surface area contributed by atoms with Gasteiger partial charge >= 0.3 is 7.82 Å². The third kappa shape index (κ3) is 3.27. The van der Waals surface area contributed by atoms with Crippen molar-refractivity contribution in [3.8, 4) is 6.07 Å². The summed E-state index contributed by atoms with van der Waals surface area (Å²) in [6, 6.07) is 4.72. The highest BCUT2D eigenvalue weighted by Gasteiger charge is 2.57. The first-order valence-electron chi connectivity index (χ1n) is 7.68. The van der Waals surface area contributed by atoms with Gasteiger partial charge in [0.05, 0.1) is 18.0 Å². The zero-order chi connectivity index (χ0) is 20.0. The van der Waals surface area contributed by atoms with Crippen LogP contribution in [-0.4, -0.2) is 72.7 Å². The number of fused-ring (bicyclic) bond motifs is 1. The van der Waals surface area contributed by atoms with Gasteiger partial charge in [-0.2, -0.15) is 10.4 Å². The molecule has 5 atom stereocenters. The van der Waals surface area contributed by atoms with Crippen molar-refractivity contribution in [2.24, 2.45) is 10.8 Å². The Morgan fingerprint density at radius 3 is 2.70 bits per heavy atom. The molecule has 0 saturated carbocycles. The molecular weight excluding hydrogens is 385 g/mol. The zero-order valence-electron chi connectivity index (χ0n) is 13.7. The molecule has 3 heterocycles. The lowest BCUT2D eigenvalue weighted by atomic mass is 9.92. The molecule has 0 bridgehead atoms. The van der Waals surface area contributed by atoms with Crippen LogP contribution in [0.25, 0.3) is 0 Å². The smallest absolute Gasteiger partial charge is 0.394 e. The number of nitriles is 1. The molecule has 1 fully saturated rings. The maximum atomic E-state index is 10.8. The SMILES string of the molecule is N#C[C@@]1(c2ccc3n2N=CN(COP(=O)(O)O)C3N)O[C@H](CO)[C@@H](O)[C@H]1O. The van der Waals surface area contributed by atoms with Crippen LogP contribution in [-0.2, 0) is 19.4 Å². The van der Waals surface area contributed by atoms with Crippen molar-refractivity contribution in [2.75, 3.05) is 13.3 Å². The van der Waals surface area contributed by atoms with Gasteiger partial charge in [-0.05, 0) is 12.1 Å². The molecule has 2 aliphatic rings. The summed E-state index contributed by atoms with van der Waals surface area (Å²) in [7, 11) is -4.71. The Hall–Kier alpha value is -1.85. The predicted molar refractivity (Wildman–Crippen MR) is 86.3 cm³/mol. The van der Waals surface area contributed by atoms with Gasteiger partial charge in [0, 0.05) is 0 Å². The lowest BCUT2D eigenvalue weighted by molar-refractivity contribution is -0.0652. The van der Waals surface area contributed by atoms with Crippen LogP contribution in [0.5, 0.6) is 0 Å². The highest BCUT2D eigenvalue weighted by atomic mass is 31.2. The van der Waals surface area contributed by atoms with Crippen LogP contribution in [0.15, 0.2) is 17.2 Å². The highest BCUT2D eigenvalue weighted by Crippen LogP contribution is 2.42. The van der Waals surface area contributed by atoms with Crippen LogP contribution in [0, 0.1) is 11.3 Å². The van der Waals surface area contributed by atoms with E-state index in [4.69, 9.17) is 20.3 Å². The fraction of sp³-hybridized carbons (Fsp3) is 0.538. The van der Waals surface area contributed by atoms with Gasteiger partial charge in [-0.3, -0.25) is 4.52 Å². The third-order valence-electron chi connectivity index (χ3n) is 4.42. The minimum atomic E-state index is -4.71. The monoisotopic (exact) mass is 403 g/mol. The molecule has 3 rings (SSSR count). The Balaban J connectivity index is 1.93. The summed E-state index contributed by atoms with van der Waals surface area (Å²) < 4.78 is 21.9. The Labute approximate surface area is 152 Å². The fourth-order valence-corrected chi connectivity index (χ4v) is 3.31. The molecule has 14 heteroatoms. The van der Waals surface area contributed by atoms with Gasteiger partial charge in [-0.25, -0.2) is 9.24 Å². The average Bonchev–Trinajstić information content (AvgIpc) is 3.15. The Morgan fingerprint density at radius 2 is 2.15 bits per heavy atom. The Kier molecular flexibility index (Phi) is 5.12. The van der Waals surface area contributed by atoms with Crippen molar-refractivity contribution >= 4 is 14.2 Å². The van der Waals surface area contributed by atoms with E-state index in [2.05, 4.69) is 9.63 Å². The number of phosphoric acid groups is 1. The highest BCUT2D eigenvalue weighted by molar-refractivity contribution is 7.46. The molecule has 0 aromatic carbocycles. The summed E-state index contributed by atoms with van der Waals surface area (Å²) in [5.74, 6) is 0. The van der Waals surface area contributed by atoms with E-state index >= 15 is 0 Å². The van der Waals surface area contributed by atoms with E-state index in [-0.39, 0.29) is 5.69 Å². The third-order valence-corrected chi connectivity index (χ3v) is 4.87. The number of phosphoric ester groups is 1. The molecule has 1 aromatic heterocycles. The summed E-state index contributed by atoms with van der Waals surface area (Å²) in [6.45, 7) is -1.14. The van der Waals surface area contributed by atoms with Crippen molar-refractivity contribution < 1.29 is 38.9 Å². The first-order chi connectivity index (χ1) is 12.6. The number of aromatic nitrogens is 1. The lowest BCUT2D eigenvalue weighted by Gasteiger charge is -2.32. The van der Waals surface area contributed by atoms with E-state index in [9.17, 15) is 25.1 Å². The first-order valence-corrected chi connectivity index (χ1v) is 9.21. The molecule has 27 heavy (non-hydrogen) atoms. The molecule has 0 spiro atoms. The van der Waals surface area contributed by atoms with E-state index < -0.39 is 51.2 Å². The summed E-state index contributed by atoms with van der Waals surface area (Å²) in [5.41, 5.74) is 4.43. The van der Waals surface area contributed by atoms with E-state index in [1.165, 1.54) is 21.7 Å². The Morgan fingerprint density at radius 1 is 1.44 bits per heavy atom. The minimum Gasteiger partial charge on any atom is -0.394 e. The summed E-state index contributed by atoms with van der Waals surface area (Å²) in [5, 5.41) is 43.3. The molecule has 7 N–H and O–H groups in total. The van der Waals surface area contributed by atoms with Gasteiger partial charge in [-0.15, -0.1) is 0 Å². The molecule has 1 aromatic rings. The number of hydrogen-bond donors (Lipinski definition) is 6. The van der Waals surface area contributed by atoms with Crippen LogP contribution < -0.4 is 5.73 Å². The largest absolute Gasteiger partial charge is 0.471 e. The quantitative estimate of drug-likeness (QED) is 0.282. The summed E-state index contributed by atoms with van der Waals surface area (Å²) >= 11 is 0. The van der Waals surface area contributed by atoms with E-state index in [1.807, 2.05) is 6.07 Å². The second-order valence-electron chi connectivity index (χ2n) is 6.02. The van der Waals surface area contributed by atoms with Gasteiger partial charge in [0.1, 0.15) is 43.6 Å². The van der Waals surface area contributed by atoms with Gasteiger partial charge in [0.25, 0.3) is 0 Å². The molecule has 1 unspecified atom stereocenters. The van der Waals surface area contributed by atoms with Crippen molar-refractivity contribution in [3.63, 3.8) is 0 Å². The molecule has 13 nitrogen and oxygen atoms in total. The van der Waals surface area contributed by atoms with Crippen LogP contribution >= 0.6 is 7.82 Å². The van der Waals surface area contributed by atoms with Crippen molar-refractivity contribution in [3.05, 3.63) is 23.5 Å². The van der Waals surface area contributed by atoms with Crippen LogP contribution in [0.3, 0.4) is 0 Å². The average molecular weight is 403 g/mol. The standard InChI is InChI=1S/C13H18N5O8P/c14-4-13(11(21)10(20)8(3-19)26-13)9-2-1-7-12(15)17(5-16-18(7)9)6-25-27(22,23)24/h1-2,5,8,10-12,19-21H,3,6,15H2,(H2,22,23,24)/t8-,10-,11-,12?,13+/m1/s1. The summed E-state index contributed by atoms with van der Waals surface area (Å²) in [4.78, 5) is 18.8. The molecule has 148 valence electrons. The van der Waals surface area contributed by atoms with Gasteiger partial charge in [-0.1, -0.05) is 0 Å².